The molecule has 1 aromatic carbocycles. The highest BCUT2D eigenvalue weighted by atomic mass is 19.2. The average molecular weight is 202 g/mol. The Hall–Kier alpha value is -0.990. The van der Waals surface area contributed by atoms with Gasteiger partial charge >= 0.3 is 0 Å². The van der Waals surface area contributed by atoms with Crippen molar-refractivity contribution in [3.05, 3.63) is 34.9 Å². The molecule has 0 heterocycles. The van der Waals surface area contributed by atoms with Gasteiger partial charge in [-0.2, -0.15) is 0 Å². The largest absolute Gasteiger partial charge is 0.242 e. The molecule has 78 valence electrons. The summed E-state index contributed by atoms with van der Waals surface area (Å²) in [4.78, 5) is 0. The lowest BCUT2D eigenvalue weighted by molar-refractivity contribution is 0.330. The molecule has 0 spiro atoms. The van der Waals surface area contributed by atoms with Gasteiger partial charge in [-0.05, 0) is 24.5 Å². The second-order valence-electron chi connectivity index (χ2n) is 2.94. The number of alkyl halides is 1. The van der Waals surface area contributed by atoms with Crippen LogP contribution in [-0.4, -0.2) is 0 Å². The standard InChI is InChI=1S/C9H7F3.C2H6/c10-6-3-1-5-2-4-7(11)9(12)8(5)6;1-2/h2,4,6H,1,3H2;1-2H3. The highest BCUT2D eigenvalue weighted by Crippen LogP contribution is 2.36. The zero-order chi connectivity index (χ0) is 10.7. The Kier molecular flexibility index (Phi) is 3.55. The van der Waals surface area contributed by atoms with Gasteiger partial charge < -0.3 is 0 Å². The predicted molar refractivity (Wildman–Crippen MR) is 49.9 cm³/mol. The number of aryl methyl sites for hydroxylation is 1. The van der Waals surface area contributed by atoms with E-state index in [-0.39, 0.29) is 12.0 Å². The van der Waals surface area contributed by atoms with Crippen molar-refractivity contribution in [1.29, 1.82) is 0 Å². The lowest BCUT2D eigenvalue weighted by Crippen LogP contribution is -1.94. The van der Waals surface area contributed by atoms with E-state index in [1.54, 1.807) is 0 Å². The fraction of sp³-hybridized carbons (Fsp3) is 0.455. The van der Waals surface area contributed by atoms with Gasteiger partial charge in [0.2, 0.25) is 0 Å². The average Bonchev–Trinajstić information content (AvgIpc) is 2.58. The van der Waals surface area contributed by atoms with Crippen molar-refractivity contribution < 1.29 is 13.2 Å². The van der Waals surface area contributed by atoms with Crippen molar-refractivity contribution in [1.82, 2.24) is 0 Å². The first-order valence-corrected chi connectivity index (χ1v) is 4.81. The van der Waals surface area contributed by atoms with Crippen molar-refractivity contribution in [2.45, 2.75) is 32.9 Å². The van der Waals surface area contributed by atoms with Gasteiger partial charge in [-0.15, -0.1) is 0 Å². The first-order valence-electron chi connectivity index (χ1n) is 4.81. The minimum absolute atomic E-state index is 0.0741. The smallest absolute Gasteiger partial charge is 0.165 e. The second kappa shape index (κ2) is 4.49. The van der Waals surface area contributed by atoms with Gasteiger partial charge in [-0.25, -0.2) is 13.2 Å². The molecule has 0 nitrogen and oxygen atoms in total. The SMILES string of the molecule is CC.Fc1ccc2c(c1F)C(F)CC2. The maximum absolute atomic E-state index is 13.0. The Morgan fingerprint density at radius 2 is 1.86 bits per heavy atom. The molecule has 1 aromatic rings. The molecule has 0 saturated carbocycles. The Bertz CT molecular complexity index is 321. The van der Waals surface area contributed by atoms with Crippen molar-refractivity contribution in [2.75, 3.05) is 0 Å². The third-order valence-corrected chi connectivity index (χ3v) is 2.20. The van der Waals surface area contributed by atoms with Gasteiger partial charge in [0.05, 0.1) is 0 Å². The molecule has 0 amide bonds. The van der Waals surface area contributed by atoms with E-state index in [4.69, 9.17) is 0 Å². The number of rotatable bonds is 0. The van der Waals surface area contributed by atoms with Crippen LogP contribution in [-0.2, 0) is 6.42 Å². The summed E-state index contributed by atoms with van der Waals surface area (Å²) >= 11 is 0. The van der Waals surface area contributed by atoms with Crippen LogP contribution in [0.5, 0.6) is 0 Å². The molecule has 1 atom stereocenters. The molecular weight excluding hydrogens is 189 g/mol. The molecule has 0 N–H and O–H groups in total. The van der Waals surface area contributed by atoms with Gasteiger partial charge in [0, 0.05) is 5.56 Å². The van der Waals surface area contributed by atoms with Crippen LogP contribution in [0.3, 0.4) is 0 Å². The van der Waals surface area contributed by atoms with Gasteiger partial charge in [0.1, 0.15) is 6.17 Å². The minimum atomic E-state index is -1.32. The Morgan fingerprint density at radius 3 is 2.50 bits per heavy atom. The number of benzene rings is 1. The lowest BCUT2D eigenvalue weighted by Gasteiger charge is -2.03. The summed E-state index contributed by atoms with van der Waals surface area (Å²) in [6, 6.07) is 2.50. The fourth-order valence-corrected chi connectivity index (χ4v) is 1.59. The van der Waals surface area contributed by atoms with Crippen LogP contribution in [0, 0.1) is 11.6 Å². The number of halogens is 3. The van der Waals surface area contributed by atoms with Crippen LogP contribution in [0.25, 0.3) is 0 Å². The highest BCUT2D eigenvalue weighted by Gasteiger charge is 2.27. The van der Waals surface area contributed by atoms with E-state index in [1.807, 2.05) is 13.8 Å². The molecule has 0 aliphatic heterocycles. The van der Waals surface area contributed by atoms with Crippen LogP contribution >= 0.6 is 0 Å². The van der Waals surface area contributed by atoms with Crippen LogP contribution < -0.4 is 0 Å². The Balaban J connectivity index is 0.000000461. The molecule has 1 aliphatic carbocycles. The van der Waals surface area contributed by atoms with Crippen molar-refractivity contribution in [3.8, 4) is 0 Å². The molecule has 1 unspecified atom stereocenters. The molecule has 3 heteroatoms. The normalized spacial score (nSPS) is 18.5. The van der Waals surface area contributed by atoms with E-state index >= 15 is 0 Å². The fourth-order valence-electron chi connectivity index (χ4n) is 1.59. The summed E-state index contributed by atoms with van der Waals surface area (Å²) in [6.07, 6.45) is -0.542. The third-order valence-electron chi connectivity index (χ3n) is 2.20. The lowest BCUT2D eigenvalue weighted by atomic mass is 10.1. The van der Waals surface area contributed by atoms with E-state index in [2.05, 4.69) is 0 Å². The highest BCUT2D eigenvalue weighted by molar-refractivity contribution is 5.35. The minimum Gasteiger partial charge on any atom is -0.242 e. The van der Waals surface area contributed by atoms with E-state index in [0.717, 1.165) is 6.07 Å². The van der Waals surface area contributed by atoms with E-state index < -0.39 is 17.8 Å². The summed E-state index contributed by atoms with van der Waals surface area (Å²) in [5.41, 5.74) is 0.524. The van der Waals surface area contributed by atoms with Crippen LogP contribution in [0.15, 0.2) is 12.1 Å². The first-order chi connectivity index (χ1) is 6.70. The number of hydrogen-bond donors (Lipinski definition) is 0. The quantitative estimate of drug-likeness (QED) is 0.597. The molecule has 0 aromatic heterocycles. The Morgan fingerprint density at radius 1 is 1.21 bits per heavy atom. The van der Waals surface area contributed by atoms with E-state index in [9.17, 15) is 13.2 Å². The Labute approximate surface area is 81.8 Å². The molecule has 2 rings (SSSR count). The maximum atomic E-state index is 13.0. The summed E-state index contributed by atoms with van der Waals surface area (Å²) in [7, 11) is 0. The van der Waals surface area contributed by atoms with Crippen LogP contribution in [0.4, 0.5) is 13.2 Å². The summed E-state index contributed by atoms with van der Waals surface area (Å²) in [5, 5.41) is 0. The van der Waals surface area contributed by atoms with Crippen molar-refractivity contribution in [3.63, 3.8) is 0 Å². The third kappa shape index (κ3) is 1.76. The number of hydrogen-bond acceptors (Lipinski definition) is 0. The van der Waals surface area contributed by atoms with Gasteiger partial charge in [-0.3, -0.25) is 0 Å². The van der Waals surface area contributed by atoms with Gasteiger partial charge in [0.25, 0.3) is 0 Å². The van der Waals surface area contributed by atoms with Crippen LogP contribution in [0.2, 0.25) is 0 Å². The zero-order valence-electron chi connectivity index (χ0n) is 8.28. The number of fused-ring (bicyclic) bond motifs is 1. The van der Waals surface area contributed by atoms with Gasteiger partial charge in [-0.1, -0.05) is 19.9 Å². The summed E-state index contributed by atoms with van der Waals surface area (Å²) < 4.78 is 38.5. The molecule has 1 aliphatic rings. The van der Waals surface area contributed by atoms with Gasteiger partial charge in [0.15, 0.2) is 11.6 Å². The monoisotopic (exact) mass is 202 g/mol. The molecule has 0 bridgehead atoms. The molecule has 0 saturated heterocycles. The zero-order valence-corrected chi connectivity index (χ0v) is 8.28. The van der Waals surface area contributed by atoms with Crippen molar-refractivity contribution in [2.24, 2.45) is 0 Å². The molecular formula is C11H13F3. The second-order valence-corrected chi connectivity index (χ2v) is 2.94. The van der Waals surface area contributed by atoms with E-state index in [0.29, 0.717) is 12.0 Å². The predicted octanol–water partition coefficient (Wildman–Crippen LogP) is 3.95. The molecule has 0 radical (unpaired) electrons. The summed E-state index contributed by atoms with van der Waals surface area (Å²) in [6.45, 7) is 4.00. The van der Waals surface area contributed by atoms with E-state index in [1.165, 1.54) is 6.07 Å². The topological polar surface area (TPSA) is 0 Å². The van der Waals surface area contributed by atoms with Crippen molar-refractivity contribution >= 4 is 0 Å². The first kappa shape index (κ1) is 11.1. The molecule has 0 fully saturated rings. The summed E-state index contributed by atoms with van der Waals surface area (Å²) in [5.74, 6) is -1.98. The van der Waals surface area contributed by atoms with Crippen LogP contribution in [0.1, 0.15) is 37.6 Å². The maximum Gasteiger partial charge on any atom is 0.165 e. The molecule has 14 heavy (non-hydrogen) atoms.